The quantitative estimate of drug-likeness (QED) is 0.804. The Hall–Kier alpha value is -1.84. The molecule has 0 aliphatic carbocycles. The van der Waals surface area contributed by atoms with Crippen LogP contribution in [0.25, 0.3) is 10.6 Å². The predicted molar refractivity (Wildman–Crippen MR) is 94.2 cm³/mol. The van der Waals surface area contributed by atoms with Crippen LogP contribution in [0, 0.1) is 5.82 Å². The molecule has 0 saturated carbocycles. The van der Waals surface area contributed by atoms with Gasteiger partial charge in [0.25, 0.3) is 0 Å². The minimum absolute atomic E-state index is 0.0794. The van der Waals surface area contributed by atoms with Gasteiger partial charge in [-0.1, -0.05) is 12.1 Å². The molecule has 1 amide bonds. The van der Waals surface area contributed by atoms with Crippen molar-refractivity contribution in [2.24, 2.45) is 0 Å². The van der Waals surface area contributed by atoms with Crippen LogP contribution < -0.4 is 0 Å². The number of carbonyl (C=O) groups excluding carboxylic acids is 1. The Morgan fingerprint density at radius 3 is 2.64 bits per heavy atom. The van der Waals surface area contributed by atoms with Crippen LogP contribution in [0.3, 0.4) is 0 Å². The lowest BCUT2D eigenvalue weighted by atomic mass is 10.2. The molecule has 0 unspecified atom stereocenters. The molecule has 2 aromatic rings. The number of amides is 1. The molecule has 0 N–H and O–H groups in total. The van der Waals surface area contributed by atoms with E-state index in [0.717, 1.165) is 0 Å². The number of benzene rings is 1. The van der Waals surface area contributed by atoms with E-state index in [4.69, 9.17) is 0 Å². The second-order valence-corrected chi connectivity index (χ2v) is 8.71. The number of sulfonamides is 1. The van der Waals surface area contributed by atoms with Gasteiger partial charge in [0.05, 0.1) is 18.4 Å². The Labute approximate surface area is 150 Å². The Morgan fingerprint density at radius 1 is 1.28 bits per heavy atom. The third-order valence-corrected chi connectivity index (χ3v) is 6.26. The van der Waals surface area contributed by atoms with Gasteiger partial charge >= 0.3 is 0 Å². The van der Waals surface area contributed by atoms with Gasteiger partial charge in [0.1, 0.15) is 10.8 Å². The van der Waals surface area contributed by atoms with E-state index in [1.807, 2.05) is 0 Å². The Balaban J connectivity index is 1.61. The lowest BCUT2D eigenvalue weighted by Crippen LogP contribution is -2.50. The molecule has 25 heavy (non-hydrogen) atoms. The number of rotatable bonds is 4. The monoisotopic (exact) mass is 383 g/mol. The van der Waals surface area contributed by atoms with Crippen LogP contribution in [-0.4, -0.2) is 60.9 Å². The minimum atomic E-state index is -3.21. The topological polar surface area (TPSA) is 70.6 Å². The number of aromatic nitrogens is 1. The van der Waals surface area contributed by atoms with Crippen molar-refractivity contribution < 1.29 is 17.6 Å². The molecule has 0 radical (unpaired) electrons. The molecule has 3 rings (SSSR count). The van der Waals surface area contributed by atoms with Gasteiger partial charge in [0.15, 0.2) is 0 Å². The van der Waals surface area contributed by atoms with Crippen LogP contribution in [-0.2, 0) is 21.2 Å². The highest BCUT2D eigenvalue weighted by molar-refractivity contribution is 7.88. The number of halogens is 1. The zero-order chi connectivity index (χ0) is 18.0. The number of carbonyl (C=O) groups is 1. The summed E-state index contributed by atoms with van der Waals surface area (Å²) in [7, 11) is -3.21. The highest BCUT2D eigenvalue weighted by Gasteiger charge is 2.26. The number of piperazine rings is 1. The first-order chi connectivity index (χ1) is 11.8. The standard InChI is InChI=1S/C16H18FN3O3S2/c1-25(22,23)20-7-5-19(6-8-20)15(21)10-14-11-24-16(18-14)12-3-2-4-13(17)9-12/h2-4,9,11H,5-8,10H2,1H3. The maximum absolute atomic E-state index is 13.3. The van der Waals surface area contributed by atoms with Gasteiger partial charge in [-0.2, -0.15) is 4.31 Å². The lowest BCUT2D eigenvalue weighted by Gasteiger charge is -2.33. The van der Waals surface area contributed by atoms with E-state index >= 15 is 0 Å². The van der Waals surface area contributed by atoms with Crippen molar-refractivity contribution in [2.45, 2.75) is 6.42 Å². The van der Waals surface area contributed by atoms with Crippen molar-refractivity contribution in [1.29, 1.82) is 0 Å². The average Bonchev–Trinajstić information content (AvgIpc) is 3.03. The van der Waals surface area contributed by atoms with Gasteiger partial charge in [-0.05, 0) is 12.1 Å². The molecule has 134 valence electrons. The summed E-state index contributed by atoms with van der Waals surface area (Å²) in [6.45, 7) is 1.39. The number of hydrogen-bond donors (Lipinski definition) is 0. The van der Waals surface area contributed by atoms with Crippen LogP contribution in [0.2, 0.25) is 0 Å². The molecule has 9 heteroatoms. The zero-order valence-corrected chi connectivity index (χ0v) is 15.3. The second kappa shape index (κ2) is 7.19. The molecular formula is C16H18FN3O3S2. The maximum Gasteiger partial charge on any atom is 0.228 e. The van der Waals surface area contributed by atoms with Gasteiger partial charge < -0.3 is 4.90 Å². The van der Waals surface area contributed by atoms with Gasteiger partial charge in [0, 0.05) is 37.1 Å². The largest absolute Gasteiger partial charge is 0.340 e. The third-order valence-electron chi connectivity index (χ3n) is 4.02. The molecule has 0 bridgehead atoms. The number of nitrogens with zero attached hydrogens (tertiary/aromatic N) is 3. The van der Waals surface area contributed by atoms with E-state index in [2.05, 4.69) is 4.98 Å². The van der Waals surface area contributed by atoms with Gasteiger partial charge in [-0.25, -0.2) is 17.8 Å². The molecule has 1 aliphatic heterocycles. The Bertz CT molecular complexity index is 874. The fourth-order valence-electron chi connectivity index (χ4n) is 2.68. The normalized spacial score (nSPS) is 16.2. The number of thiazole rings is 1. The summed E-state index contributed by atoms with van der Waals surface area (Å²) in [6.07, 6.45) is 1.33. The molecule has 2 heterocycles. The molecule has 0 spiro atoms. The SMILES string of the molecule is CS(=O)(=O)N1CCN(C(=O)Cc2csc(-c3cccc(F)c3)n2)CC1. The van der Waals surface area contributed by atoms with E-state index in [1.165, 1.54) is 34.0 Å². The smallest absolute Gasteiger partial charge is 0.228 e. The average molecular weight is 383 g/mol. The van der Waals surface area contributed by atoms with Crippen molar-refractivity contribution >= 4 is 27.3 Å². The summed E-state index contributed by atoms with van der Waals surface area (Å²) in [4.78, 5) is 18.5. The summed E-state index contributed by atoms with van der Waals surface area (Å²) >= 11 is 1.37. The fourth-order valence-corrected chi connectivity index (χ4v) is 4.32. The first kappa shape index (κ1) is 18.0. The second-order valence-electron chi connectivity index (χ2n) is 5.87. The third kappa shape index (κ3) is 4.42. The molecule has 1 aromatic heterocycles. The van der Waals surface area contributed by atoms with Crippen molar-refractivity contribution in [2.75, 3.05) is 32.4 Å². The maximum atomic E-state index is 13.3. The van der Waals surface area contributed by atoms with Crippen LogP contribution in [0.4, 0.5) is 4.39 Å². The molecule has 1 aromatic carbocycles. The molecule has 1 saturated heterocycles. The fraction of sp³-hybridized carbons (Fsp3) is 0.375. The van der Waals surface area contributed by atoms with Crippen LogP contribution in [0.5, 0.6) is 0 Å². The van der Waals surface area contributed by atoms with Gasteiger partial charge in [-0.3, -0.25) is 4.79 Å². The van der Waals surface area contributed by atoms with Crippen molar-refractivity contribution in [3.63, 3.8) is 0 Å². The minimum Gasteiger partial charge on any atom is -0.340 e. The van der Waals surface area contributed by atoms with Crippen molar-refractivity contribution in [3.05, 3.63) is 41.2 Å². The van der Waals surface area contributed by atoms with E-state index in [-0.39, 0.29) is 18.1 Å². The Kier molecular flexibility index (Phi) is 5.16. The van der Waals surface area contributed by atoms with Gasteiger partial charge in [0.2, 0.25) is 15.9 Å². The highest BCUT2D eigenvalue weighted by atomic mass is 32.2. The van der Waals surface area contributed by atoms with E-state index in [9.17, 15) is 17.6 Å². The summed E-state index contributed by atoms with van der Waals surface area (Å²) in [5, 5.41) is 2.47. The zero-order valence-electron chi connectivity index (χ0n) is 13.7. The molecule has 6 nitrogen and oxygen atoms in total. The summed E-state index contributed by atoms with van der Waals surface area (Å²) < 4.78 is 37.7. The lowest BCUT2D eigenvalue weighted by molar-refractivity contribution is -0.131. The first-order valence-corrected chi connectivity index (χ1v) is 10.5. The van der Waals surface area contributed by atoms with Crippen LogP contribution in [0.15, 0.2) is 29.6 Å². The predicted octanol–water partition coefficient (Wildman–Crippen LogP) is 1.60. The van der Waals surface area contributed by atoms with Crippen molar-refractivity contribution in [3.8, 4) is 10.6 Å². The van der Waals surface area contributed by atoms with E-state index in [1.54, 1.807) is 22.4 Å². The number of hydrogen-bond acceptors (Lipinski definition) is 5. The molecule has 1 aliphatic rings. The molecule has 0 atom stereocenters. The molecule has 1 fully saturated rings. The van der Waals surface area contributed by atoms with Crippen LogP contribution in [0.1, 0.15) is 5.69 Å². The van der Waals surface area contributed by atoms with Crippen molar-refractivity contribution in [1.82, 2.24) is 14.2 Å². The van der Waals surface area contributed by atoms with E-state index in [0.29, 0.717) is 42.4 Å². The van der Waals surface area contributed by atoms with Crippen LogP contribution >= 0.6 is 11.3 Å². The Morgan fingerprint density at radius 2 is 2.00 bits per heavy atom. The summed E-state index contributed by atoms with van der Waals surface area (Å²) in [5.41, 5.74) is 1.32. The molecular weight excluding hydrogens is 365 g/mol. The first-order valence-electron chi connectivity index (χ1n) is 7.76. The highest BCUT2D eigenvalue weighted by Crippen LogP contribution is 2.24. The van der Waals surface area contributed by atoms with E-state index < -0.39 is 10.0 Å². The summed E-state index contributed by atoms with van der Waals surface area (Å²) in [5.74, 6) is -0.404. The van der Waals surface area contributed by atoms with Gasteiger partial charge in [-0.15, -0.1) is 11.3 Å². The summed E-state index contributed by atoms with van der Waals surface area (Å²) in [6, 6.07) is 6.18.